The van der Waals surface area contributed by atoms with Crippen LogP contribution in [0.15, 0.2) is 31.2 Å². The molecule has 0 atom stereocenters. The summed E-state index contributed by atoms with van der Waals surface area (Å²) in [6, 6.07) is 4.22. The summed E-state index contributed by atoms with van der Waals surface area (Å²) in [6.45, 7) is 0. The number of rotatable bonds is 2. The highest BCUT2D eigenvalue weighted by atomic mass is 79.9. The van der Waals surface area contributed by atoms with E-state index in [-0.39, 0.29) is 0 Å². The van der Waals surface area contributed by atoms with Crippen LogP contribution in [0.2, 0.25) is 0 Å². The second-order valence-electron chi connectivity index (χ2n) is 2.65. The molecular formula is C10H6Br2S2. The predicted octanol–water partition coefficient (Wildman–Crippen LogP) is 5.51. The van der Waals surface area contributed by atoms with E-state index in [1.165, 1.54) is 14.2 Å². The minimum absolute atomic E-state index is 1.14. The molecule has 0 aliphatic carbocycles. The van der Waals surface area contributed by atoms with Crippen LogP contribution in [0.4, 0.5) is 0 Å². The van der Waals surface area contributed by atoms with Crippen LogP contribution in [-0.2, 0) is 0 Å². The van der Waals surface area contributed by atoms with Crippen LogP contribution >= 0.6 is 54.5 Å². The fourth-order valence-electron chi connectivity index (χ4n) is 1.01. The van der Waals surface area contributed by atoms with E-state index in [4.69, 9.17) is 0 Å². The molecule has 0 fully saturated rings. The first-order valence-electron chi connectivity index (χ1n) is 3.91. The summed E-state index contributed by atoms with van der Waals surface area (Å²) in [5, 5.41) is 4.16. The molecule has 0 nitrogen and oxygen atoms in total. The third-order valence-electron chi connectivity index (χ3n) is 1.66. The molecule has 2 heterocycles. The monoisotopic (exact) mass is 348 g/mol. The highest BCUT2D eigenvalue weighted by Gasteiger charge is 1.96. The lowest BCUT2D eigenvalue weighted by molar-refractivity contribution is 1.83. The summed E-state index contributed by atoms with van der Waals surface area (Å²) in [4.78, 5) is 1.26. The first-order valence-corrected chi connectivity index (χ1v) is 7.25. The Balaban J connectivity index is 2.19. The summed E-state index contributed by atoms with van der Waals surface area (Å²) in [6.07, 6.45) is 4.25. The first kappa shape index (κ1) is 10.6. The predicted molar refractivity (Wildman–Crippen MR) is 73.0 cm³/mol. The molecule has 0 bridgehead atoms. The number of hydrogen-bond acceptors (Lipinski definition) is 2. The summed E-state index contributed by atoms with van der Waals surface area (Å²) in [7, 11) is 0. The van der Waals surface area contributed by atoms with Gasteiger partial charge in [-0.3, -0.25) is 0 Å². The highest BCUT2D eigenvalue weighted by molar-refractivity contribution is 9.11. The summed E-state index contributed by atoms with van der Waals surface area (Å²) in [5.74, 6) is 0. The Labute approximate surface area is 108 Å². The topological polar surface area (TPSA) is 0 Å². The SMILES string of the molecule is Brc1csc(/C=C/c2ccsc2Br)c1. The molecule has 0 saturated heterocycles. The summed E-state index contributed by atoms with van der Waals surface area (Å²) >= 11 is 10.4. The smallest absolute Gasteiger partial charge is 0.0770 e. The average molecular weight is 350 g/mol. The van der Waals surface area contributed by atoms with Crippen molar-refractivity contribution in [3.63, 3.8) is 0 Å². The number of halogens is 2. The highest BCUT2D eigenvalue weighted by Crippen LogP contribution is 2.27. The van der Waals surface area contributed by atoms with Crippen LogP contribution in [0, 0.1) is 0 Å². The fourth-order valence-corrected chi connectivity index (χ4v) is 3.54. The molecule has 0 aromatic carbocycles. The van der Waals surface area contributed by atoms with Crippen LogP contribution in [0.25, 0.3) is 12.2 Å². The molecule has 0 unspecified atom stereocenters. The van der Waals surface area contributed by atoms with Crippen molar-refractivity contribution in [2.24, 2.45) is 0 Å². The van der Waals surface area contributed by atoms with E-state index in [9.17, 15) is 0 Å². The van der Waals surface area contributed by atoms with Gasteiger partial charge in [-0.2, -0.15) is 0 Å². The molecular weight excluding hydrogens is 344 g/mol. The van der Waals surface area contributed by atoms with E-state index < -0.39 is 0 Å². The maximum Gasteiger partial charge on any atom is 0.0770 e. The Morgan fingerprint density at radius 3 is 2.57 bits per heavy atom. The lowest BCUT2D eigenvalue weighted by Gasteiger charge is -1.86. The second kappa shape index (κ2) is 4.75. The molecule has 0 spiro atoms. The average Bonchev–Trinajstić information content (AvgIpc) is 2.72. The molecule has 2 aromatic heterocycles. The molecule has 2 aromatic rings. The van der Waals surface area contributed by atoms with Crippen LogP contribution in [0.1, 0.15) is 10.4 Å². The molecule has 0 saturated carbocycles. The fraction of sp³-hybridized carbons (Fsp3) is 0. The van der Waals surface area contributed by atoms with Crippen molar-refractivity contribution in [1.29, 1.82) is 0 Å². The van der Waals surface area contributed by atoms with Crippen LogP contribution < -0.4 is 0 Å². The third-order valence-corrected chi connectivity index (χ3v) is 5.05. The first-order chi connectivity index (χ1) is 6.75. The van der Waals surface area contributed by atoms with E-state index >= 15 is 0 Å². The van der Waals surface area contributed by atoms with Gasteiger partial charge in [-0.15, -0.1) is 22.7 Å². The maximum atomic E-state index is 3.51. The number of hydrogen-bond donors (Lipinski definition) is 0. The molecule has 0 radical (unpaired) electrons. The largest absolute Gasteiger partial charge is 0.143 e. The van der Waals surface area contributed by atoms with Crippen molar-refractivity contribution in [3.05, 3.63) is 41.6 Å². The second-order valence-corrected chi connectivity index (χ2v) is 6.74. The van der Waals surface area contributed by atoms with Gasteiger partial charge in [-0.1, -0.05) is 6.08 Å². The van der Waals surface area contributed by atoms with Gasteiger partial charge in [-0.05, 0) is 61.0 Å². The van der Waals surface area contributed by atoms with Crippen molar-refractivity contribution in [3.8, 4) is 0 Å². The lowest BCUT2D eigenvalue weighted by atomic mass is 10.3. The zero-order valence-corrected chi connectivity index (χ0v) is 11.8. The standard InChI is InChI=1S/C10H6Br2S2/c11-8-5-9(14-6-8)2-1-7-3-4-13-10(7)12/h1-6H/b2-1+. The van der Waals surface area contributed by atoms with Crippen LogP contribution in [0.3, 0.4) is 0 Å². The Bertz CT molecular complexity index is 454. The van der Waals surface area contributed by atoms with Gasteiger partial charge in [0.1, 0.15) is 0 Å². The van der Waals surface area contributed by atoms with Gasteiger partial charge in [0.05, 0.1) is 3.79 Å². The third kappa shape index (κ3) is 2.57. The van der Waals surface area contributed by atoms with Gasteiger partial charge in [-0.25, -0.2) is 0 Å². The molecule has 0 aliphatic rings. The van der Waals surface area contributed by atoms with Gasteiger partial charge in [0, 0.05) is 14.7 Å². The van der Waals surface area contributed by atoms with Crippen LogP contribution in [0.5, 0.6) is 0 Å². The van der Waals surface area contributed by atoms with Gasteiger partial charge in [0.25, 0.3) is 0 Å². The molecule has 0 amide bonds. The Morgan fingerprint density at radius 2 is 2.00 bits per heavy atom. The number of thiophene rings is 2. The van der Waals surface area contributed by atoms with Gasteiger partial charge in [0.15, 0.2) is 0 Å². The molecule has 4 heteroatoms. The minimum atomic E-state index is 1.14. The lowest BCUT2D eigenvalue weighted by Crippen LogP contribution is -1.62. The summed E-state index contributed by atoms with van der Waals surface area (Å²) < 4.78 is 2.33. The Hall–Kier alpha value is 0.1000. The van der Waals surface area contributed by atoms with Crippen molar-refractivity contribution >= 4 is 66.7 Å². The van der Waals surface area contributed by atoms with E-state index in [1.807, 2.05) is 0 Å². The van der Waals surface area contributed by atoms with Gasteiger partial charge < -0.3 is 0 Å². The zero-order chi connectivity index (χ0) is 9.97. The summed E-state index contributed by atoms with van der Waals surface area (Å²) in [5.41, 5.74) is 1.24. The molecule has 0 N–H and O–H groups in total. The van der Waals surface area contributed by atoms with Crippen molar-refractivity contribution in [1.82, 2.24) is 0 Å². The molecule has 14 heavy (non-hydrogen) atoms. The van der Waals surface area contributed by atoms with Gasteiger partial charge in [0.2, 0.25) is 0 Å². The van der Waals surface area contributed by atoms with E-state index in [2.05, 4.69) is 66.9 Å². The molecule has 2 rings (SSSR count). The zero-order valence-electron chi connectivity index (χ0n) is 7.04. The normalized spacial score (nSPS) is 11.3. The minimum Gasteiger partial charge on any atom is -0.143 e. The Kier molecular flexibility index (Phi) is 3.60. The van der Waals surface area contributed by atoms with Crippen molar-refractivity contribution in [2.45, 2.75) is 0 Å². The van der Waals surface area contributed by atoms with E-state index in [0.29, 0.717) is 0 Å². The van der Waals surface area contributed by atoms with Crippen molar-refractivity contribution < 1.29 is 0 Å². The Morgan fingerprint density at radius 1 is 1.14 bits per heavy atom. The maximum absolute atomic E-state index is 3.51. The molecule has 72 valence electrons. The van der Waals surface area contributed by atoms with Gasteiger partial charge >= 0.3 is 0 Å². The van der Waals surface area contributed by atoms with E-state index in [0.717, 1.165) is 4.47 Å². The molecule has 0 aliphatic heterocycles. The van der Waals surface area contributed by atoms with Crippen LogP contribution in [-0.4, -0.2) is 0 Å². The quantitative estimate of drug-likeness (QED) is 0.671. The van der Waals surface area contributed by atoms with E-state index in [1.54, 1.807) is 22.7 Å². The van der Waals surface area contributed by atoms with Crippen molar-refractivity contribution in [2.75, 3.05) is 0 Å².